The fraction of sp³-hybridized carbons (Fsp3) is 0.211. The highest BCUT2D eigenvalue weighted by atomic mass is 16.2. The van der Waals surface area contributed by atoms with Gasteiger partial charge in [0.15, 0.2) is 5.82 Å². The van der Waals surface area contributed by atoms with Crippen LogP contribution in [-0.4, -0.2) is 37.0 Å². The predicted octanol–water partition coefficient (Wildman–Crippen LogP) is 1.56. The Hall–Kier alpha value is -3.55. The van der Waals surface area contributed by atoms with Crippen LogP contribution in [0.15, 0.2) is 54.6 Å². The third-order valence-electron chi connectivity index (χ3n) is 5.26. The summed E-state index contributed by atoms with van der Waals surface area (Å²) in [6.45, 7) is 0.0104. The van der Waals surface area contributed by atoms with Crippen molar-refractivity contribution in [2.24, 2.45) is 0 Å². The molecule has 1 N–H and O–H groups in total. The normalized spacial score (nSPS) is 21.0. The van der Waals surface area contributed by atoms with Gasteiger partial charge in [-0.3, -0.25) is 9.69 Å². The van der Waals surface area contributed by atoms with Crippen molar-refractivity contribution in [2.45, 2.75) is 24.9 Å². The van der Waals surface area contributed by atoms with Crippen molar-refractivity contribution < 1.29 is 9.59 Å². The van der Waals surface area contributed by atoms with Gasteiger partial charge in [0.05, 0.1) is 12.2 Å². The van der Waals surface area contributed by atoms with Crippen LogP contribution in [0.4, 0.5) is 4.79 Å². The Kier molecular flexibility index (Phi) is 3.33. The summed E-state index contributed by atoms with van der Waals surface area (Å²) in [6, 6.07) is 16.7. The van der Waals surface area contributed by atoms with E-state index in [1.165, 1.54) is 9.58 Å². The number of nitrogens with zero attached hydrogens (tertiary/aromatic N) is 5. The molecule has 5 rings (SSSR count). The zero-order valence-corrected chi connectivity index (χ0v) is 14.4. The molecule has 0 radical (unpaired) electrons. The van der Waals surface area contributed by atoms with Gasteiger partial charge in [0.25, 0.3) is 5.91 Å². The van der Waals surface area contributed by atoms with Crippen LogP contribution in [0.3, 0.4) is 0 Å². The lowest BCUT2D eigenvalue weighted by Gasteiger charge is -2.22. The van der Waals surface area contributed by atoms with E-state index < -0.39 is 11.6 Å². The number of urea groups is 1. The smallest absolute Gasteiger partial charge is 0.319 e. The van der Waals surface area contributed by atoms with Crippen LogP contribution < -0.4 is 5.32 Å². The zero-order chi connectivity index (χ0) is 18.4. The molecule has 8 nitrogen and oxygen atoms in total. The standard InChI is InChI=1S/C19H16N6O2/c26-17-19(11-10-13-6-4-5-9-15(13)19)20-18(27)24(17)12-16-21-22-23-25(16)14-7-2-1-3-8-14/h1-9H,10-12H2,(H,20,27)/t19-/m0/s1. The van der Waals surface area contributed by atoms with Crippen LogP contribution in [0.2, 0.25) is 0 Å². The minimum atomic E-state index is -0.974. The summed E-state index contributed by atoms with van der Waals surface area (Å²) in [4.78, 5) is 27.1. The van der Waals surface area contributed by atoms with Crippen LogP contribution in [0.25, 0.3) is 5.69 Å². The molecule has 1 spiro atoms. The van der Waals surface area contributed by atoms with E-state index in [4.69, 9.17) is 0 Å². The van der Waals surface area contributed by atoms with Gasteiger partial charge in [0, 0.05) is 0 Å². The lowest BCUT2D eigenvalue weighted by atomic mass is 9.92. The average Bonchev–Trinajstić information content (AvgIpc) is 3.37. The van der Waals surface area contributed by atoms with E-state index in [0.29, 0.717) is 12.2 Å². The molecule has 0 unspecified atom stereocenters. The molecule has 2 aliphatic rings. The third kappa shape index (κ3) is 2.26. The van der Waals surface area contributed by atoms with Crippen LogP contribution in [0, 0.1) is 0 Å². The van der Waals surface area contributed by atoms with Crippen LogP contribution in [-0.2, 0) is 23.3 Å². The summed E-state index contributed by atoms with van der Waals surface area (Å²) in [5.41, 5.74) is 1.78. The summed E-state index contributed by atoms with van der Waals surface area (Å²) in [5.74, 6) is 0.174. The predicted molar refractivity (Wildman–Crippen MR) is 94.7 cm³/mol. The fourth-order valence-corrected chi connectivity index (χ4v) is 3.95. The number of carbonyl (C=O) groups excluding carboxylic acids is 2. The van der Waals surface area contributed by atoms with Gasteiger partial charge in [0.1, 0.15) is 5.54 Å². The van der Waals surface area contributed by atoms with Gasteiger partial charge in [-0.25, -0.2) is 4.79 Å². The van der Waals surface area contributed by atoms with Gasteiger partial charge in [-0.05, 0) is 46.5 Å². The second kappa shape index (κ2) is 5.73. The highest BCUT2D eigenvalue weighted by molar-refractivity contribution is 6.08. The van der Waals surface area contributed by atoms with Gasteiger partial charge in [-0.1, -0.05) is 42.5 Å². The largest absolute Gasteiger partial charge is 0.325 e. The lowest BCUT2D eigenvalue weighted by Crippen LogP contribution is -2.41. The first kappa shape index (κ1) is 15.7. The summed E-state index contributed by atoms with van der Waals surface area (Å²) in [5, 5.41) is 14.6. The Morgan fingerprint density at radius 1 is 1.04 bits per heavy atom. The molecule has 3 amide bonds. The molecule has 1 aliphatic carbocycles. The van der Waals surface area contributed by atoms with Gasteiger partial charge < -0.3 is 5.32 Å². The van der Waals surface area contributed by atoms with Crippen molar-refractivity contribution in [3.05, 3.63) is 71.5 Å². The second-order valence-corrected chi connectivity index (χ2v) is 6.73. The summed E-state index contributed by atoms with van der Waals surface area (Å²) >= 11 is 0. The van der Waals surface area contributed by atoms with Gasteiger partial charge in [-0.2, -0.15) is 4.68 Å². The molecule has 2 aromatic carbocycles. The number of para-hydroxylation sites is 1. The highest BCUT2D eigenvalue weighted by Gasteiger charge is 2.55. The Morgan fingerprint density at radius 2 is 1.81 bits per heavy atom. The number of imide groups is 1. The van der Waals surface area contributed by atoms with Crippen molar-refractivity contribution in [3.8, 4) is 5.69 Å². The molecule has 27 heavy (non-hydrogen) atoms. The SMILES string of the molecule is O=C1N[C@]2(CCc3ccccc32)C(=O)N1Cc1nnnn1-c1ccccc1. The van der Waals surface area contributed by atoms with Crippen molar-refractivity contribution >= 4 is 11.9 Å². The Labute approximate surface area is 154 Å². The maximum atomic E-state index is 13.2. The molecule has 0 saturated carbocycles. The second-order valence-electron chi connectivity index (χ2n) is 6.73. The highest BCUT2D eigenvalue weighted by Crippen LogP contribution is 2.41. The van der Waals surface area contributed by atoms with Gasteiger partial charge >= 0.3 is 6.03 Å². The number of hydrogen-bond donors (Lipinski definition) is 1. The summed E-state index contributed by atoms with van der Waals surface area (Å²) in [7, 11) is 0. The molecule has 1 atom stereocenters. The topological polar surface area (TPSA) is 93.0 Å². The van der Waals surface area contributed by atoms with E-state index in [-0.39, 0.29) is 12.5 Å². The fourth-order valence-electron chi connectivity index (χ4n) is 3.95. The number of carbonyl (C=O) groups is 2. The van der Waals surface area contributed by atoms with Crippen LogP contribution in [0.1, 0.15) is 23.4 Å². The van der Waals surface area contributed by atoms with Crippen molar-refractivity contribution in [3.63, 3.8) is 0 Å². The average molecular weight is 360 g/mol. The maximum absolute atomic E-state index is 13.2. The zero-order valence-electron chi connectivity index (χ0n) is 14.4. The number of hydrogen-bond acceptors (Lipinski definition) is 5. The molecule has 1 aromatic heterocycles. The number of aryl methyl sites for hydroxylation is 1. The van der Waals surface area contributed by atoms with Crippen LogP contribution in [0.5, 0.6) is 0 Å². The minimum Gasteiger partial charge on any atom is -0.319 e. The monoisotopic (exact) mass is 360 g/mol. The Morgan fingerprint density at radius 3 is 2.67 bits per heavy atom. The number of tetrazole rings is 1. The van der Waals surface area contributed by atoms with E-state index in [9.17, 15) is 9.59 Å². The molecule has 2 heterocycles. The number of fused-ring (bicyclic) bond motifs is 2. The molecule has 134 valence electrons. The summed E-state index contributed by atoms with van der Waals surface area (Å²) in [6.07, 6.45) is 1.33. The molecule has 0 bridgehead atoms. The molecule has 1 aliphatic heterocycles. The van der Waals surface area contributed by atoms with E-state index >= 15 is 0 Å². The number of amides is 3. The number of aromatic nitrogens is 4. The minimum absolute atomic E-state index is 0.0104. The number of nitrogens with one attached hydrogen (secondary N) is 1. The Balaban J connectivity index is 1.48. The van der Waals surface area contributed by atoms with Crippen molar-refractivity contribution in [1.82, 2.24) is 30.4 Å². The molecule has 8 heteroatoms. The Bertz CT molecular complexity index is 1050. The van der Waals surface area contributed by atoms with Crippen molar-refractivity contribution in [2.75, 3.05) is 0 Å². The first-order valence-electron chi connectivity index (χ1n) is 8.74. The maximum Gasteiger partial charge on any atom is 0.325 e. The van der Waals surface area contributed by atoms with Crippen LogP contribution >= 0.6 is 0 Å². The lowest BCUT2D eigenvalue weighted by molar-refractivity contribution is -0.132. The molecular formula is C19H16N6O2. The van der Waals surface area contributed by atoms with Crippen molar-refractivity contribution in [1.29, 1.82) is 0 Å². The molecule has 1 saturated heterocycles. The summed E-state index contributed by atoms with van der Waals surface area (Å²) < 4.78 is 1.54. The first-order valence-corrected chi connectivity index (χ1v) is 8.74. The van der Waals surface area contributed by atoms with E-state index in [1.54, 1.807) is 0 Å². The molecule has 1 fully saturated rings. The number of rotatable bonds is 3. The first-order chi connectivity index (χ1) is 13.2. The quantitative estimate of drug-likeness (QED) is 0.716. The molecule has 3 aromatic rings. The van der Waals surface area contributed by atoms with Gasteiger partial charge in [-0.15, -0.1) is 5.10 Å². The third-order valence-corrected chi connectivity index (χ3v) is 5.26. The van der Waals surface area contributed by atoms with E-state index in [1.807, 2.05) is 54.6 Å². The van der Waals surface area contributed by atoms with E-state index in [2.05, 4.69) is 20.8 Å². The molecular weight excluding hydrogens is 344 g/mol. The van der Waals surface area contributed by atoms with Gasteiger partial charge in [0.2, 0.25) is 0 Å². The van der Waals surface area contributed by atoms with E-state index in [0.717, 1.165) is 23.2 Å². The number of benzene rings is 2.